The summed E-state index contributed by atoms with van der Waals surface area (Å²) in [7, 11) is 0. The van der Waals surface area contributed by atoms with Crippen LogP contribution in [0.15, 0.2) is 41.5 Å². The minimum atomic E-state index is -0.459. The van der Waals surface area contributed by atoms with Crippen molar-refractivity contribution in [1.29, 1.82) is 0 Å². The van der Waals surface area contributed by atoms with Crippen molar-refractivity contribution in [3.63, 3.8) is 0 Å². The van der Waals surface area contributed by atoms with Crippen molar-refractivity contribution in [3.8, 4) is 5.75 Å². The number of nitrogens with zero attached hydrogens (tertiary/aromatic N) is 2. The van der Waals surface area contributed by atoms with Gasteiger partial charge in [-0.25, -0.2) is 13.8 Å². The molecule has 0 spiro atoms. The zero-order chi connectivity index (χ0) is 16.7. The number of hydrogen-bond donors (Lipinski definition) is 0. The monoisotopic (exact) mass is 330 g/mol. The fourth-order valence-electron chi connectivity index (χ4n) is 2.80. The first kappa shape index (κ1) is 14.8. The molecule has 0 unspecified atom stereocenters. The van der Waals surface area contributed by atoms with E-state index in [4.69, 9.17) is 9.47 Å². The average Bonchev–Trinajstić information content (AvgIpc) is 2.57. The Hall–Kier alpha value is -2.80. The van der Waals surface area contributed by atoms with Crippen LogP contribution in [0.2, 0.25) is 0 Å². The molecule has 7 heteroatoms. The molecule has 0 fully saturated rings. The molecular weight excluding hydrogens is 318 g/mol. The van der Waals surface area contributed by atoms with Crippen LogP contribution in [0.25, 0.3) is 10.9 Å². The number of hydrogen-bond acceptors (Lipinski definition) is 4. The molecule has 0 bridgehead atoms. The predicted molar refractivity (Wildman–Crippen MR) is 81.7 cm³/mol. The lowest BCUT2D eigenvalue weighted by Crippen LogP contribution is -2.22. The van der Waals surface area contributed by atoms with E-state index in [0.29, 0.717) is 22.3 Å². The summed E-state index contributed by atoms with van der Waals surface area (Å²) in [6.07, 6.45) is 1.32. The molecule has 1 aliphatic rings. The second-order valence-corrected chi connectivity index (χ2v) is 5.50. The number of benzene rings is 2. The maximum Gasteiger partial charge on any atom is 0.261 e. The Morgan fingerprint density at radius 1 is 1.17 bits per heavy atom. The first-order valence-corrected chi connectivity index (χ1v) is 7.28. The van der Waals surface area contributed by atoms with Crippen molar-refractivity contribution < 1.29 is 18.3 Å². The van der Waals surface area contributed by atoms with Gasteiger partial charge in [-0.3, -0.25) is 9.36 Å². The highest BCUT2D eigenvalue weighted by atomic mass is 19.1. The maximum absolute atomic E-state index is 13.8. The molecule has 0 aliphatic carbocycles. The topological polar surface area (TPSA) is 53.4 Å². The van der Waals surface area contributed by atoms with Gasteiger partial charge in [-0.2, -0.15) is 0 Å². The molecule has 3 aromatic rings. The fourth-order valence-corrected chi connectivity index (χ4v) is 2.80. The van der Waals surface area contributed by atoms with Gasteiger partial charge in [-0.15, -0.1) is 0 Å². The van der Waals surface area contributed by atoms with Crippen molar-refractivity contribution in [3.05, 3.63) is 69.8 Å². The highest BCUT2D eigenvalue weighted by molar-refractivity contribution is 5.77. The summed E-state index contributed by atoms with van der Waals surface area (Å²) in [5.74, 6) is -0.366. The summed E-state index contributed by atoms with van der Waals surface area (Å²) in [6, 6.07) is 6.47. The standard InChI is InChI=1S/C17H12F2N2O3/c18-12-1-2-14-15(5-12)20-8-21(17(14)22)6-10-3-13(19)4-11-7-23-9-24-16(10)11/h1-5,8H,6-7,9H2. The molecule has 24 heavy (non-hydrogen) atoms. The first-order chi connectivity index (χ1) is 11.6. The Labute approximate surface area is 135 Å². The van der Waals surface area contributed by atoms with Crippen LogP contribution < -0.4 is 10.3 Å². The molecule has 5 nitrogen and oxygen atoms in total. The lowest BCUT2D eigenvalue weighted by molar-refractivity contribution is -0.0173. The normalized spacial score (nSPS) is 13.6. The average molecular weight is 330 g/mol. The first-order valence-electron chi connectivity index (χ1n) is 7.28. The number of fused-ring (bicyclic) bond motifs is 2. The van der Waals surface area contributed by atoms with Crippen LogP contribution in [0, 0.1) is 11.6 Å². The molecule has 2 heterocycles. The molecule has 0 saturated carbocycles. The van der Waals surface area contributed by atoms with Gasteiger partial charge in [-0.1, -0.05) is 0 Å². The Balaban J connectivity index is 1.80. The molecule has 0 amide bonds. The highest BCUT2D eigenvalue weighted by Crippen LogP contribution is 2.29. The van der Waals surface area contributed by atoms with Crippen LogP contribution in [0.1, 0.15) is 11.1 Å². The molecule has 4 rings (SSSR count). The smallest absolute Gasteiger partial charge is 0.261 e. The van der Waals surface area contributed by atoms with Gasteiger partial charge in [0.2, 0.25) is 0 Å². The van der Waals surface area contributed by atoms with E-state index in [2.05, 4.69) is 4.98 Å². The van der Waals surface area contributed by atoms with Crippen molar-refractivity contribution in [1.82, 2.24) is 9.55 Å². The van der Waals surface area contributed by atoms with Gasteiger partial charge in [0.15, 0.2) is 6.79 Å². The molecule has 1 aliphatic heterocycles. The summed E-state index contributed by atoms with van der Waals surface area (Å²) in [4.78, 5) is 16.6. The van der Waals surface area contributed by atoms with Gasteiger partial charge >= 0.3 is 0 Å². The second kappa shape index (κ2) is 5.68. The van der Waals surface area contributed by atoms with Crippen LogP contribution in [-0.4, -0.2) is 16.3 Å². The minimum absolute atomic E-state index is 0.0791. The zero-order valence-corrected chi connectivity index (χ0v) is 12.5. The Morgan fingerprint density at radius 2 is 2.04 bits per heavy atom. The molecule has 0 saturated heterocycles. The van der Waals surface area contributed by atoms with Crippen molar-refractivity contribution >= 4 is 10.9 Å². The summed E-state index contributed by atoms with van der Waals surface area (Å²) < 4.78 is 39.0. The molecule has 0 atom stereocenters. The van der Waals surface area contributed by atoms with E-state index in [-0.39, 0.29) is 31.0 Å². The van der Waals surface area contributed by atoms with E-state index < -0.39 is 11.6 Å². The predicted octanol–water partition coefficient (Wildman–Crippen LogP) is 2.59. The van der Waals surface area contributed by atoms with E-state index in [1.54, 1.807) is 0 Å². The summed E-state index contributed by atoms with van der Waals surface area (Å²) in [5.41, 5.74) is 1.08. The van der Waals surface area contributed by atoms with Gasteiger partial charge in [0.05, 0.1) is 30.4 Å². The number of halogens is 2. The molecule has 0 radical (unpaired) electrons. The Kier molecular flexibility index (Phi) is 3.50. The summed E-state index contributed by atoms with van der Waals surface area (Å²) in [5, 5.41) is 0.299. The third kappa shape index (κ3) is 2.52. The summed E-state index contributed by atoms with van der Waals surface area (Å²) in [6.45, 7) is 0.430. The largest absolute Gasteiger partial charge is 0.467 e. The summed E-state index contributed by atoms with van der Waals surface area (Å²) >= 11 is 0. The fraction of sp³-hybridized carbons (Fsp3) is 0.176. The van der Waals surface area contributed by atoms with Gasteiger partial charge in [-0.05, 0) is 24.3 Å². The molecular formula is C17H12F2N2O3. The van der Waals surface area contributed by atoms with E-state index in [1.807, 2.05) is 0 Å². The van der Waals surface area contributed by atoms with Crippen molar-refractivity contribution in [2.75, 3.05) is 6.79 Å². The molecule has 2 aromatic carbocycles. The van der Waals surface area contributed by atoms with E-state index in [9.17, 15) is 13.6 Å². The van der Waals surface area contributed by atoms with Crippen molar-refractivity contribution in [2.45, 2.75) is 13.2 Å². The Morgan fingerprint density at radius 3 is 2.92 bits per heavy atom. The SMILES string of the molecule is O=c1c2ccc(F)cc2ncn1Cc1cc(F)cc2c1OCOC2. The van der Waals surface area contributed by atoms with E-state index in [1.165, 1.54) is 41.2 Å². The number of ether oxygens (including phenoxy) is 2. The Bertz CT molecular complexity index is 1000. The van der Waals surface area contributed by atoms with Crippen LogP contribution in [-0.2, 0) is 17.9 Å². The highest BCUT2D eigenvalue weighted by Gasteiger charge is 2.18. The lowest BCUT2D eigenvalue weighted by atomic mass is 10.1. The van der Waals surface area contributed by atoms with Crippen LogP contribution in [0.4, 0.5) is 8.78 Å². The second-order valence-electron chi connectivity index (χ2n) is 5.50. The van der Waals surface area contributed by atoms with Gasteiger partial charge in [0.1, 0.15) is 17.4 Å². The third-order valence-electron chi connectivity index (χ3n) is 3.88. The van der Waals surface area contributed by atoms with Gasteiger partial charge in [0.25, 0.3) is 5.56 Å². The van der Waals surface area contributed by atoms with Gasteiger partial charge in [0, 0.05) is 17.2 Å². The molecule has 122 valence electrons. The molecule has 0 N–H and O–H groups in total. The van der Waals surface area contributed by atoms with Gasteiger partial charge < -0.3 is 9.47 Å². The van der Waals surface area contributed by atoms with E-state index >= 15 is 0 Å². The van der Waals surface area contributed by atoms with Crippen molar-refractivity contribution in [2.24, 2.45) is 0 Å². The number of aromatic nitrogens is 2. The molecule has 1 aromatic heterocycles. The number of rotatable bonds is 2. The third-order valence-corrected chi connectivity index (χ3v) is 3.88. The van der Waals surface area contributed by atoms with E-state index in [0.717, 1.165) is 0 Å². The van der Waals surface area contributed by atoms with Crippen LogP contribution in [0.3, 0.4) is 0 Å². The minimum Gasteiger partial charge on any atom is -0.467 e. The lowest BCUT2D eigenvalue weighted by Gasteiger charge is -2.21. The maximum atomic E-state index is 13.8. The zero-order valence-electron chi connectivity index (χ0n) is 12.5. The quantitative estimate of drug-likeness (QED) is 0.725. The van der Waals surface area contributed by atoms with Crippen LogP contribution in [0.5, 0.6) is 5.75 Å². The van der Waals surface area contributed by atoms with Crippen LogP contribution >= 0.6 is 0 Å².